The molecule has 0 aromatic rings. The lowest BCUT2D eigenvalue weighted by Crippen LogP contribution is -2.29. The number of ether oxygens (including phenoxy) is 2. The van der Waals surface area contributed by atoms with Crippen LogP contribution >= 0.6 is 7.82 Å². The van der Waals surface area contributed by atoms with Crippen molar-refractivity contribution in [3.63, 3.8) is 0 Å². The lowest BCUT2D eigenvalue weighted by molar-refractivity contribution is -0.161. The summed E-state index contributed by atoms with van der Waals surface area (Å²) >= 11 is 0. The average molecular weight is 764 g/mol. The summed E-state index contributed by atoms with van der Waals surface area (Å²) in [4.78, 5) is 34.8. The third-order valence-electron chi connectivity index (χ3n) is 8.06. The second kappa shape index (κ2) is 39.2. The van der Waals surface area contributed by atoms with Crippen molar-refractivity contribution in [1.29, 1.82) is 0 Å². The largest absolute Gasteiger partial charge is 0.472 e. The normalized spacial score (nSPS) is 14.1. The second-order valence-electron chi connectivity index (χ2n) is 13.1. The van der Waals surface area contributed by atoms with E-state index in [-0.39, 0.29) is 32.6 Å². The Balaban J connectivity index is 4.33. The molecule has 0 radical (unpaired) electrons. The van der Waals surface area contributed by atoms with Gasteiger partial charge in [-0.05, 0) is 83.5 Å². The SMILES string of the molecule is CCCCCC=CCC=CCC=CCC=CCCCC(=O)OC[C@H](COP(=O)(O)OCCN)OC(=O)CCCCCCCC=CCC=CCCCCC. The molecule has 0 fully saturated rings. The molecule has 0 saturated heterocycles. The summed E-state index contributed by atoms with van der Waals surface area (Å²) in [5.41, 5.74) is 5.33. The Kier molecular flexibility index (Phi) is 37.3. The van der Waals surface area contributed by atoms with E-state index in [1.807, 2.05) is 6.08 Å². The number of carbonyl (C=O) groups excluding carboxylic acids is 2. The number of hydrogen-bond donors (Lipinski definition) is 2. The molecule has 2 atom stereocenters. The van der Waals surface area contributed by atoms with E-state index < -0.39 is 32.5 Å². The first-order chi connectivity index (χ1) is 25.8. The smallest absolute Gasteiger partial charge is 0.462 e. The first-order valence-electron chi connectivity index (χ1n) is 20.4. The van der Waals surface area contributed by atoms with E-state index >= 15 is 0 Å². The number of phosphoric acid groups is 1. The zero-order valence-electron chi connectivity index (χ0n) is 33.2. The maximum Gasteiger partial charge on any atom is 0.472 e. The maximum atomic E-state index is 12.5. The van der Waals surface area contributed by atoms with Gasteiger partial charge in [-0.2, -0.15) is 0 Å². The van der Waals surface area contributed by atoms with Gasteiger partial charge >= 0.3 is 19.8 Å². The molecule has 3 N–H and O–H groups in total. The molecule has 0 heterocycles. The van der Waals surface area contributed by atoms with Gasteiger partial charge in [-0.3, -0.25) is 18.6 Å². The molecule has 10 heteroatoms. The van der Waals surface area contributed by atoms with E-state index in [0.29, 0.717) is 12.8 Å². The highest BCUT2D eigenvalue weighted by atomic mass is 31.2. The highest BCUT2D eigenvalue weighted by Crippen LogP contribution is 2.43. The number of phosphoric ester groups is 1. The van der Waals surface area contributed by atoms with Crippen molar-refractivity contribution in [3.05, 3.63) is 72.9 Å². The van der Waals surface area contributed by atoms with Crippen LogP contribution in [-0.4, -0.2) is 49.3 Å². The summed E-state index contributed by atoms with van der Waals surface area (Å²) in [6.45, 7) is 3.57. The topological polar surface area (TPSA) is 134 Å². The number of esters is 2. The number of unbranched alkanes of at least 4 members (excludes halogenated alkanes) is 12. The van der Waals surface area contributed by atoms with Crippen LogP contribution in [0.4, 0.5) is 0 Å². The number of allylic oxidation sites excluding steroid dienone is 12. The summed E-state index contributed by atoms with van der Waals surface area (Å²) in [5.74, 6) is -0.918. The quantitative estimate of drug-likeness (QED) is 0.0274. The van der Waals surface area contributed by atoms with Crippen LogP contribution in [-0.2, 0) is 32.7 Å². The van der Waals surface area contributed by atoms with Gasteiger partial charge in [0.05, 0.1) is 13.2 Å². The minimum Gasteiger partial charge on any atom is -0.462 e. The van der Waals surface area contributed by atoms with Crippen LogP contribution in [0.15, 0.2) is 72.9 Å². The number of carbonyl (C=O) groups is 2. The van der Waals surface area contributed by atoms with Gasteiger partial charge in [0.15, 0.2) is 6.10 Å². The third kappa shape index (κ3) is 39.0. The summed E-state index contributed by atoms with van der Waals surface area (Å²) in [6, 6.07) is 0. The molecule has 0 spiro atoms. The van der Waals surface area contributed by atoms with Crippen LogP contribution in [0, 0.1) is 0 Å². The standard InChI is InChI=1S/C43H74NO8P/c1-3-5-7-9-11-13-15-17-19-20-22-23-25-27-29-31-33-35-42(45)49-39-41(40-51-53(47,48)50-38-37-44)52-43(46)36-34-32-30-28-26-24-21-18-16-14-12-10-8-6-4-2/h11-14,17-19,21-23,27,29,41H,3-10,15-16,20,24-26,28,30-40,44H2,1-2H3,(H,47,48)/t41-/m1/s1. The molecule has 0 aliphatic heterocycles. The van der Waals surface area contributed by atoms with Crippen molar-refractivity contribution in [2.45, 2.75) is 161 Å². The van der Waals surface area contributed by atoms with Gasteiger partial charge in [-0.1, -0.05) is 132 Å². The molecule has 0 aromatic carbocycles. The van der Waals surface area contributed by atoms with Gasteiger partial charge in [-0.15, -0.1) is 0 Å². The summed E-state index contributed by atoms with van der Waals surface area (Å²) in [5, 5.41) is 0. The molecule has 0 rings (SSSR count). The van der Waals surface area contributed by atoms with E-state index in [2.05, 4.69) is 80.7 Å². The van der Waals surface area contributed by atoms with Crippen LogP contribution in [0.25, 0.3) is 0 Å². The molecule has 1 unspecified atom stereocenters. The first-order valence-corrected chi connectivity index (χ1v) is 21.9. The predicted octanol–water partition coefficient (Wildman–Crippen LogP) is 11.5. The molecule has 9 nitrogen and oxygen atoms in total. The minimum atomic E-state index is -4.39. The van der Waals surface area contributed by atoms with E-state index in [9.17, 15) is 19.0 Å². The minimum absolute atomic E-state index is 0.0402. The first kappa shape index (κ1) is 50.5. The van der Waals surface area contributed by atoms with Gasteiger partial charge in [0.25, 0.3) is 0 Å². The van der Waals surface area contributed by atoms with Crippen molar-refractivity contribution >= 4 is 19.8 Å². The molecule has 0 aliphatic carbocycles. The highest BCUT2D eigenvalue weighted by molar-refractivity contribution is 7.47. The fourth-order valence-corrected chi connectivity index (χ4v) is 5.77. The Morgan fingerprint density at radius 2 is 1.00 bits per heavy atom. The third-order valence-corrected chi connectivity index (χ3v) is 9.05. The van der Waals surface area contributed by atoms with Crippen LogP contribution in [0.5, 0.6) is 0 Å². The van der Waals surface area contributed by atoms with Crippen molar-refractivity contribution in [2.75, 3.05) is 26.4 Å². The van der Waals surface area contributed by atoms with E-state index in [1.54, 1.807) is 0 Å². The van der Waals surface area contributed by atoms with Gasteiger partial charge in [-0.25, -0.2) is 4.57 Å². The van der Waals surface area contributed by atoms with Crippen molar-refractivity contribution in [1.82, 2.24) is 0 Å². The molecule has 304 valence electrons. The zero-order valence-corrected chi connectivity index (χ0v) is 34.1. The van der Waals surface area contributed by atoms with E-state index in [4.69, 9.17) is 24.3 Å². The Hall–Kier alpha value is -2.55. The van der Waals surface area contributed by atoms with E-state index in [1.165, 1.54) is 51.4 Å². The van der Waals surface area contributed by atoms with E-state index in [0.717, 1.165) is 64.2 Å². The van der Waals surface area contributed by atoms with Crippen LogP contribution in [0.1, 0.15) is 155 Å². The van der Waals surface area contributed by atoms with Crippen molar-refractivity contribution < 1.29 is 37.6 Å². The van der Waals surface area contributed by atoms with Crippen molar-refractivity contribution in [3.8, 4) is 0 Å². The fourth-order valence-electron chi connectivity index (χ4n) is 5.01. The zero-order chi connectivity index (χ0) is 38.9. The molecule has 0 bridgehead atoms. The predicted molar refractivity (Wildman–Crippen MR) is 219 cm³/mol. The molecule has 53 heavy (non-hydrogen) atoms. The molecule has 0 amide bonds. The Labute approximate surface area is 322 Å². The van der Waals surface area contributed by atoms with Gasteiger partial charge < -0.3 is 20.1 Å². The number of hydrogen-bond acceptors (Lipinski definition) is 8. The van der Waals surface area contributed by atoms with Crippen molar-refractivity contribution in [2.24, 2.45) is 5.73 Å². The summed E-state index contributed by atoms with van der Waals surface area (Å²) < 4.78 is 32.6. The summed E-state index contributed by atoms with van der Waals surface area (Å²) in [6.07, 6.45) is 46.5. The van der Waals surface area contributed by atoms with Crippen LogP contribution < -0.4 is 5.73 Å². The second-order valence-corrected chi connectivity index (χ2v) is 14.6. The Morgan fingerprint density at radius 1 is 0.566 bits per heavy atom. The number of rotatable bonds is 37. The number of nitrogens with two attached hydrogens (primary N) is 1. The lowest BCUT2D eigenvalue weighted by Gasteiger charge is -2.19. The molecule has 0 aromatic heterocycles. The van der Waals surface area contributed by atoms with Crippen LogP contribution in [0.3, 0.4) is 0 Å². The lowest BCUT2D eigenvalue weighted by atomic mass is 10.1. The molecular formula is C43H74NO8P. The Morgan fingerprint density at radius 3 is 1.51 bits per heavy atom. The fraction of sp³-hybridized carbons (Fsp3) is 0.674. The average Bonchev–Trinajstić information content (AvgIpc) is 3.14. The maximum absolute atomic E-state index is 12.5. The van der Waals surface area contributed by atoms with Gasteiger partial charge in [0, 0.05) is 19.4 Å². The summed E-state index contributed by atoms with van der Waals surface area (Å²) in [7, 11) is -4.39. The Bertz CT molecular complexity index is 1100. The molecule has 0 aliphatic rings. The van der Waals surface area contributed by atoms with Gasteiger partial charge in [0.2, 0.25) is 0 Å². The van der Waals surface area contributed by atoms with Crippen LogP contribution in [0.2, 0.25) is 0 Å². The molecular weight excluding hydrogens is 689 g/mol. The monoisotopic (exact) mass is 764 g/mol. The highest BCUT2D eigenvalue weighted by Gasteiger charge is 2.25. The molecule has 0 saturated carbocycles. The van der Waals surface area contributed by atoms with Gasteiger partial charge in [0.1, 0.15) is 6.61 Å².